The minimum absolute atomic E-state index is 0.162. The van der Waals surface area contributed by atoms with Crippen molar-refractivity contribution in [2.24, 2.45) is 0 Å². The summed E-state index contributed by atoms with van der Waals surface area (Å²) in [6.45, 7) is 1.44. The molecule has 72 valence electrons. The molecule has 0 bridgehead atoms. The molecule has 14 heavy (non-hydrogen) atoms. The van der Waals surface area contributed by atoms with Gasteiger partial charge in [-0.25, -0.2) is 4.98 Å². The second-order valence-electron chi connectivity index (χ2n) is 2.74. The molecule has 0 N–H and O–H groups in total. The van der Waals surface area contributed by atoms with Crippen molar-refractivity contribution in [3.8, 4) is 0 Å². The lowest BCUT2D eigenvalue weighted by atomic mass is 10.4. The Labute approximate surface area is 93.0 Å². The number of aromatic nitrogens is 3. The first-order chi connectivity index (χ1) is 6.59. The normalized spacial score (nSPS) is 10.8. The van der Waals surface area contributed by atoms with Gasteiger partial charge in [-0.1, -0.05) is 11.6 Å². The molecule has 0 amide bonds. The van der Waals surface area contributed by atoms with Gasteiger partial charge in [-0.05, 0) is 22.0 Å². The molecule has 6 heteroatoms. The fourth-order valence-corrected chi connectivity index (χ4v) is 2.12. The van der Waals surface area contributed by atoms with E-state index in [0.29, 0.717) is 20.7 Å². The molecule has 0 aromatic carbocycles. The van der Waals surface area contributed by atoms with Crippen LogP contribution in [0.25, 0.3) is 11.0 Å². The molecule has 2 rings (SSSR count). The van der Waals surface area contributed by atoms with Gasteiger partial charge in [-0.3, -0.25) is 4.79 Å². The standard InChI is InChI=1S/C8H5BrClN3O/c1-4(14)13-8-5(9)2-7(10)12-6(8)3-11-13/h2-3H,1H3. The minimum Gasteiger partial charge on any atom is -0.273 e. The summed E-state index contributed by atoms with van der Waals surface area (Å²) in [6, 6.07) is 1.63. The second kappa shape index (κ2) is 3.33. The van der Waals surface area contributed by atoms with Gasteiger partial charge in [0.15, 0.2) is 0 Å². The molecule has 4 nitrogen and oxygen atoms in total. The van der Waals surface area contributed by atoms with E-state index in [1.807, 2.05) is 0 Å². The molecular formula is C8H5BrClN3O. The van der Waals surface area contributed by atoms with Crippen LogP contribution in [0.2, 0.25) is 5.15 Å². The van der Waals surface area contributed by atoms with Crippen molar-refractivity contribution in [2.75, 3.05) is 0 Å². The lowest BCUT2D eigenvalue weighted by molar-refractivity contribution is 0.0926. The molecule has 0 saturated heterocycles. The average molecular weight is 275 g/mol. The van der Waals surface area contributed by atoms with Gasteiger partial charge >= 0.3 is 0 Å². The topological polar surface area (TPSA) is 47.8 Å². The highest BCUT2D eigenvalue weighted by molar-refractivity contribution is 9.10. The molecule has 0 spiro atoms. The van der Waals surface area contributed by atoms with Crippen LogP contribution in [0.4, 0.5) is 0 Å². The number of hydrogen-bond donors (Lipinski definition) is 0. The zero-order chi connectivity index (χ0) is 10.3. The summed E-state index contributed by atoms with van der Waals surface area (Å²) in [4.78, 5) is 15.2. The van der Waals surface area contributed by atoms with Crippen molar-refractivity contribution in [1.29, 1.82) is 0 Å². The fraction of sp³-hybridized carbons (Fsp3) is 0.125. The Balaban J connectivity index is 2.85. The molecule has 0 fully saturated rings. The number of nitrogens with zero attached hydrogens (tertiary/aromatic N) is 3. The number of carbonyl (C=O) groups is 1. The third-order valence-electron chi connectivity index (χ3n) is 1.75. The summed E-state index contributed by atoms with van der Waals surface area (Å²) in [5.74, 6) is -0.162. The predicted molar refractivity (Wildman–Crippen MR) is 56.5 cm³/mol. The highest BCUT2D eigenvalue weighted by Gasteiger charge is 2.11. The quantitative estimate of drug-likeness (QED) is 0.694. The maximum absolute atomic E-state index is 11.2. The largest absolute Gasteiger partial charge is 0.273 e. The van der Waals surface area contributed by atoms with Crippen molar-refractivity contribution in [3.63, 3.8) is 0 Å². The van der Waals surface area contributed by atoms with Crippen molar-refractivity contribution in [3.05, 3.63) is 21.9 Å². The number of rotatable bonds is 0. The number of fused-ring (bicyclic) bond motifs is 1. The van der Waals surface area contributed by atoms with E-state index in [-0.39, 0.29) is 5.91 Å². The van der Waals surface area contributed by atoms with Crippen LogP contribution >= 0.6 is 27.5 Å². The van der Waals surface area contributed by atoms with Gasteiger partial charge in [-0.2, -0.15) is 9.78 Å². The van der Waals surface area contributed by atoms with Gasteiger partial charge in [0.2, 0.25) is 5.91 Å². The summed E-state index contributed by atoms with van der Waals surface area (Å²) >= 11 is 9.06. The smallest absolute Gasteiger partial charge is 0.244 e. The monoisotopic (exact) mass is 273 g/mol. The fourth-order valence-electron chi connectivity index (χ4n) is 1.20. The number of hydrogen-bond acceptors (Lipinski definition) is 3. The van der Waals surface area contributed by atoms with E-state index < -0.39 is 0 Å². The number of pyridine rings is 1. The van der Waals surface area contributed by atoms with E-state index in [9.17, 15) is 4.79 Å². The molecule has 0 radical (unpaired) electrons. The van der Waals surface area contributed by atoms with E-state index >= 15 is 0 Å². The highest BCUT2D eigenvalue weighted by Crippen LogP contribution is 2.25. The number of halogens is 2. The van der Waals surface area contributed by atoms with Crippen molar-refractivity contribution >= 4 is 44.5 Å². The SMILES string of the molecule is CC(=O)n1ncc2nc(Cl)cc(Br)c21. The molecule has 0 unspecified atom stereocenters. The van der Waals surface area contributed by atoms with Crippen molar-refractivity contribution < 1.29 is 4.79 Å². The zero-order valence-electron chi connectivity index (χ0n) is 7.16. The molecule has 0 aliphatic heterocycles. The maximum Gasteiger partial charge on any atom is 0.244 e. The summed E-state index contributed by atoms with van der Waals surface area (Å²) in [5.41, 5.74) is 1.24. The van der Waals surface area contributed by atoms with Crippen molar-refractivity contribution in [2.45, 2.75) is 6.92 Å². The lowest BCUT2D eigenvalue weighted by Gasteiger charge is -1.99. The minimum atomic E-state index is -0.162. The van der Waals surface area contributed by atoms with Crippen LogP contribution in [0.15, 0.2) is 16.7 Å². The van der Waals surface area contributed by atoms with Crippen LogP contribution in [-0.4, -0.2) is 20.7 Å². The first-order valence-corrected chi connectivity index (χ1v) is 4.97. The van der Waals surface area contributed by atoms with Gasteiger partial charge in [-0.15, -0.1) is 0 Å². The number of carbonyl (C=O) groups excluding carboxylic acids is 1. The van der Waals surface area contributed by atoms with E-state index in [1.54, 1.807) is 6.07 Å². The Hall–Kier alpha value is -0.940. The highest BCUT2D eigenvalue weighted by atomic mass is 79.9. The van der Waals surface area contributed by atoms with E-state index in [0.717, 1.165) is 0 Å². The van der Waals surface area contributed by atoms with Gasteiger partial charge in [0.25, 0.3) is 0 Å². The maximum atomic E-state index is 11.2. The molecular weight excluding hydrogens is 269 g/mol. The second-order valence-corrected chi connectivity index (χ2v) is 3.98. The molecule has 0 atom stereocenters. The molecule has 2 aromatic heterocycles. The Bertz CT molecular complexity index is 523. The van der Waals surface area contributed by atoms with Gasteiger partial charge < -0.3 is 0 Å². The molecule has 0 aliphatic carbocycles. The first kappa shape index (κ1) is 9.61. The Kier molecular flexibility index (Phi) is 2.28. The van der Waals surface area contributed by atoms with Crippen molar-refractivity contribution in [1.82, 2.24) is 14.8 Å². The summed E-state index contributed by atoms with van der Waals surface area (Å²) in [7, 11) is 0. The van der Waals surface area contributed by atoms with Crippen LogP contribution in [0, 0.1) is 0 Å². The zero-order valence-corrected chi connectivity index (χ0v) is 9.50. The van der Waals surface area contributed by atoms with Crippen LogP contribution in [0.3, 0.4) is 0 Å². The summed E-state index contributed by atoms with van der Waals surface area (Å²) < 4.78 is 1.99. The molecule has 2 heterocycles. The Morgan fingerprint density at radius 1 is 1.64 bits per heavy atom. The summed E-state index contributed by atoms with van der Waals surface area (Å²) in [5, 5.41) is 4.28. The van der Waals surface area contributed by atoms with Gasteiger partial charge in [0, 0.05) is 11.4 Å². The third kappa shape index (κ3) is 1.42. The molecule has 2 aromatic rings. The Morgan fingerprint density at radius 3 is 3.00 bits per heavy atom. The van der Waals surface area contributed by atoms with E-state index in [2.05, 4.69) is 26.0 Å². The lowest BCUT2D eigenvalue weighted by Crippen LogP contribution is -2.07. The Morgan fingerprint density at radius 2 is 2.36 bits per heavy atom. The third-order valence-corrected chi connectivity index (χ3v) is 2.55. The molecule has 0 aliphatic rings. The van der Waals surface area contributed by atoms with Gasteiger partial charge in [0.05, 0.1) is 6.20 Å². The summed E-state index contributed by atoms with van der Waals surface area (Å²) in [6.07, 6.45) is 1.51. The van der Waals surface area contributed by atoms with Crippen LogP contribution < -0.4 is 0 Å². The van der Waals surface area contributed by atoms with E-state index in [4.69, 9.17) is 11.6 Å². The molecule has 0 saturated carbocycles. The van der Waals surface area contributed by atoms with Crippen LogP contribution in [0.1, 0.15) is 11.7 Å². The van der Waals surface area contributed by atoms with Crippen LogP contribution in [0.5, 0.6) is 0 Å². The van der Waals surface area contributed by atoms with Crippen LogP contribution in [-0.2, 0) is 0 Å². The first-order valence-electron chi connectivity index (χ1n) is 3.80. The predicted octanol–water partition coefficient (Wildman–Crippen LogP) is 2.51. The average Bonchev–Trinajstić information content (AvgIpc) is 2.47. The van der Waals surface area contributed by atoms with Gasteiger partial charge in [0.1, 0.15) is 16.2 Å². The van der Waals surface area contributed by atoms with E-state index in [1.165, 1.54) is 17.8 Å².